The first kappa shape index (κ1) is 51.0. The van der Waals surface area contributed by atoms with Crippen molar-refractivity contribution in [1.29, 1.82) is 0 Å². The second kappa shape index (κ2) is 48.0. The van der Waals surface area contributed by atoms with Crippen molar-refractivity contribution in [2.45, 2.75) is 316 Å². The molecule has 1 unspecified atom stereocenters. The first-order chi connectivity index (χ1) is 25.3. The molecule has 307 valence electrons. The third-order valence-corrected chi connectivity index (χ3v) is 12.3. The maximum Gasteiger partial charge on any atom is -0.0414 e. The summed E-state index contributed by atoms with van der Waals surface area (Å²) in [6.45, 7) is 8.70. The highest BCUT2D eigenvalue weighted by molar-refractivity contribution is 4.63. The average molecular weight is 716 g/mol. The summed E-state index contributed by atoms with van der Waals surface area (Å²) in [7, 11) is 0. The molecule has 0 heterocycles. The van der Waals surface area contributed by atoms with Crippen LogP contribution in [-0.2, 0) is 0 Å². The van der Waals surface area contributed by atoms with E-state index in [2.05, 4.69) is 20.8 Å². The molecule has 0 aromatic rings. The van der Waals surface area contributed by atoms with E-state index in [1.165, 1.54) is 295 Å². The van der Waals surface area contributed by atoms with Gasteiger partial charge in [0, 0.05) is 0 Å². The van der Waals surface area contributed by atoms with Crippen molar-refractivity contribution in [3.63, 3.8) is 0 Å². The normalized spacial score (nSPS) is 12.3. The molecule has 0 aromatic carbocycles. The van der Waals surface area contributed by atoms with E-state index in [4.69, 9.17) is 0 Å². The van der Waals surface area contributed by atoms with Crippen LogP contribution in [0.25, 0.3) is 0 Å². The molecule has 0 nitrogen and oxygen atoms in total. The monoisotopic (exact) mass is 716 g/mol. The minimum Gasteiger partial charge on any atom is -0.0654 e. The zero-order chi connectivity index (χ0) is 36.8. The molecule has 0 aliphatic heterocycles. The molecule has 0 amide bonds. The number of hydrogen-bond acceptors (Lipinski definition) is 0. The number of unbranched alkanes of at least 4 members (excludes halogenated alkanes) is 41. The second-order valence-electron chi connectivity index (χ2n) is 17.6. The summed E-state index contributed by atoms with van der Waals surface area (Å²) >= 11 is 0. The van der Waals surface area contributed by atoms with E-state index in [0.29, 0.717) is 0 Å². The smallest absolute Gasteiger partial charge is 0.0414 e. The Labute approximate surface area is 327 Å². The van der Waals surface area contributed by atoms with Gasteiger partial charge in [-0.25, -0.2) is 0 Å². The lowest BCUT2D eigenvalue weighted by Gasteiger charge is -2.17. The van der Waals surface area contributed by atoms with E-state index in [9.17, 15) is 0 Å². The molecule has 0 aromatic heterocycles. The first-order valence-corrected chi connectivity index (χ1v) is 25.1. The van der Waals surface area contributed by atoms with Crippen molar-refractivity contribution in [2.24, 2.45) is 5.92 Å². The Morgan fingerprint density at radius 1 is 0.216 bits per heavy atom. The Morgan fingerprint density at radius 2 is 0.373 bits per heavy atom. The molecule has 0 spiro atoms. The Hall–Kier alpha value is 0. The molecule has 51 heavy (non-hydrogen) atoms. The van der Waals surface area contributed by atoms with Crippen LogP contribution in [0.3, 0.4) is 0 Å². The van der Waals surface area contributed by atoms with Gasteiger partial charge in [-0.3, -0.25) is 0 Å². The maximum atomic E-state index is 4.07. The largest absolute Gasteiger partial charge is 0.0654 e. The SMILES string of the molecule is [CH2]CCCCCC(CCCCCCCCCCCCCCCCCCCCC)CCCCCCCCCCCCCCCCCCCCCCC. The van der Waals surface area contributed by atoms with Gasteiger partial charge in [-0.2, -0.15) is 0 Å². The van der Waals surface area contributed by atoms with Crippen LogP contribution in [0.4, 0.5) is 0 Å². The summed E-state index contributed by atoms with van der Waals surface area (Å²) < 4.78 is 0. The van der Waals surface area contributed by atoms with Crippen LogP contribution in [0.1, 0.15) is 316 Å². The van der Waals surface area contributed by atoms with Crippen LogP contribution in [0, 0.1) is 12.8 Å². The van der Waals surface area contributed by atoms with Crippen molar-refractivity contribution < 1.29 is 0 Å². The molecule has 0 rings (SSSR count). The van der Waals surface area contributed by atoms with Crippen molar-refractivity contribution in [2.75, 3.05) is 0 Å². The van der Waals surface area contributed by atoms with Crippen LogP contribution in [0.5, 0.6) is 0 Å². The fourth-order valence-corrected chi connectivity index (χ4v) is 8.60. The van der Waals surface area contributed by atoms with E-state index in [1.807, 2.05) is 0 Å². The zero-order valence-electron chi connectivity index (χ0n) is 36.5. The molecular weight excluding hydrogens is 613 g/mol. The molecule has 0 fully saturated rings. The Bertz CT molecular complexity index is 564. The Morgan fingerprint density at radius 3 is 0.549 bits per heavy atom. The Kier molecular flexibility index (Phi) is 48.0. The predicted molar refractivity (Wildman–Crippen MR) is 237 cm³/mol. The van der Waals surface area contributed by atoms with Crippen LogP contribution < -0.4 is 0 Å². The summed E-state index contributed by atoms with van der Waals surface area (Å²) in [5.74, 6) is 1.01. The standard InChI is InChI=1S/C51H103/c1-4-7-10-13-15-17-19-21-23-25-27-28-30-32-34-36-38-40-42-44-47-50-51(48-45-12-9-6-3)49-46-43-41-39-37-35-33-31-29-26-24-22-20-18-16-14-11-8-5-2/h51H,3-50H2,1-2H3. The van der Waals surface area contributed by atoms with E-state index >= 15 is 0 Å². The minimum absolute atomic E-state index is 1.01. The van der Waals surface area contributed by atoms with Gasteiger partial charge in [0.15, 0.2) is 0 Å². The molecule has 0 heteroatoms. The van der Waals surface area contributed by atoms with E-state index in [0.717, 1.165) is 12.3 Å². The van der Waals surface area contributed by atoms with Crippen LogP contribution >= 0.6 is 0 Å². The third-order valence-electron chi connectivity index (χ3n) is 12.3. The third kappa shape index (κ3) is 46.1. The van der Waals surface area contributed by atoms with Gasteiger partial charge in [0.1, 0.15) is 0 Å². The lowest BCUT2D eigenvalue weighted by atomic mass is 9.89. The first-order valence-electron chi connectivity index (χ1n) is 25.1. The summed E-state index contributed by atoms with van der Waals surface area (Å²) in [5, 5.41) is 0. The van der Waals surface area contributed by atoms with Crippen LogP contribution in [-0.4, -0.2) is 0 Å². The van der Waals surface area contributed by atoms with E-state index in [-0.39, 0.29) is 0 Å². The van der Waals surface area contributed by atoms with Gasteiger partial charge < -0.3 is 0 Å². The highest BCUT2D eigenvalue weighted by Crippen LogP contribution is 2.25. The molecular formula is C51H103. The van der Waals surface area contributed by atoms with Gasteiger partial charge >= 0.3 is 0 Å². The van der Waals surface area contributed by atoms with Crippen molar-refractivity contribution in [3.8, 4) is 0 Å². The van der Waals surface area contributed by atoms with Crippen LogP contribution in [0.2, 0.25) is 0 Å². The minimum atomic E-state index is 1.01. The fraction of sp³-hybridized carbons (Fsp3) is 0.980. The summed E-state index contributed by atoms with van der Waals surface area (Å²) in [4.78, 5) is 0. The summed E-state index contributed by atoms with van der Waals surface area (Å²) in [6.07, 6.45) is 69.1. The molecule has 0 aliphatic carbocycles. The van der Waals surface area contributed by atoms with Gasteiger partial charge in [0.2, 0.25) is 0 Å². The maximum absolute atomic E-state index is 4.07. The number of rotatable bonds is 47. The fourth-order valence-electron chi connectivity index (χ4n) is 8.60. The lowest BCUT2D eigenvalue weighted by molar-refractivity contribution is 0.366. The Balaban J connectivity index is 3.54. The molecule has 0 N–H and O–H groups in total. The molecule has 0 aliphatic rings. The molecule has 0 saturated carbocycles. The van der Waals surface area contributed by atoms with E-state index in [1.54, 1.807) is 0 Å². The highest BCUT2D eigenvalue weighted by Gasteiger charge is 2.09. The number of hydrogen-bond donors (Lipinski definition) is 0. The average Bonchev–Trinajstić information content (AvgIpc) is 3.14. The van der Waals surface area contributed by atoms with Gasteiger partial charge in [-0.15, -0.1) is 0 Å². The van der Waals surface area contributed by atoms with Gasteiger partial charge in [0.25, 0.3) is 0 Å². The summed E-state index contributed by atoms with van der Waals surface area (Å²) in [6, 6.07) is 0. The van der Waals surface area contributed by atoms with Gasteiger partial charge in [0.05, 0.1) is 0 Å². The van der Waals surface area contributed by atoms with Gasteiger partial charge in [-0.1, -0.05) is 323 Å². The zero-order valence-corrected chi connectivity index (χ0v) is 36.5. The molecule has 0 bridgehead atoms. The molecule has 0 saturated heterocycles. The van der Waals surface area contributed by atoms with E-state index < -0.39 is 0 Å². The summed E-state index contributed by atoms with van der Waals surface area (Å²) in [5.41, 5.74) is 0. The quantitative estimate of drug-likeness (QED) is 0.0550. The van der Waals surface area contributed by atoms with Crippen LogP contribution in [0.15, 0.2) is 0 Å². The van der Waals surface area contributed by atoms with Gasteiger partial charge in [-0.05, 0) is 5.92 Å². The molecule has 1 radical (unpaired) electrons. The van der Waals surface area contributed by atoms with Crippen molar-refractivity contribution in [3.05, 3.63) is 6.92 Å². The topological polar surface area (TPSA) is 0 Å². The highest BCUT2D eigenvalue weighted by atomic mass is 14.1. The second-order valence-corrected chi connectivity index (χ2v) is 17.6. The molecule has 1 atom stereocenters. The van der Waals surface area contributed by atoms with Crippen molar-refractivity contribution >= 4 is 0 Å². The predicted octanol–water partition coefficient (Wildman–Crippen LogP) is 19.8. The lowest BCUT2D eigenvalue weighted by Crippen LogP contribution is -2.01. The van der Waals surface area contributed by atoms with Crippen molar-refractivity contribution in [1.82, 2.24) is 0 Å².